The first-order chi connectivity index (χ1) is 11.0. The molecule has 0 saturated carbocycles. The lowest BCUT2D eigenvalue weighted by Crippen LogP contribution is -2.31. The Morgan fingerprint density at radius 3 is 2.65 bits per heavy atom. The van der Waals surface area contributed by atoms with Crippen LogP contribution in [0, 0.1) is 12.8 Å². The first-order valence-electron chi connectivity index (χ1n) is 7.75. The zero-order valence-corrected chi connectivity index (χ0v) is 13.7. The van der Waals surface area contributed by atoms with Crippen LogP contribution in [0.1, 0.15) is 25.8 Å². The molecule has 2 aromatic rings. The Balaban J connectivity index is 1.84. The fourth-order valence-electron chi connectivity index (χ4n) is 2.01. The summed E-state index contributed by atoms with van der Waals surface area (Å²) in [7, 11) is 0. The Morgan fingerprint density at radius 1 is 1.30 bits per heavy atom. The van der Waals surface area contributed by atoms with E-state index >= 15 is 0 Å². The number of benzene rings is 1. The number of rotatable bonds is 7. The van der Waals surface area contributed by atoms with Crippen molar-refractivity contribution in [3.05, 3.63) is 29.8 Å². The number of carbonyl (C=O) groups is 1. The maximum absolute atomic E-state index is 11.8. The van der Waals surface area contributed by atoms with E-state index in [0.29, 0.717) is 18.8 Å². The SMILES string of the molecule is Cc1ccc(-c2nnn(CC(=O)NCCC(O)C(C)C)n2)cc1. The van der Waals surface area contributed by atoms with Gasteiger partial charge >= 0.3 is 0 Å². The first kappa shape index (κ1) is 17.1. The van der Waals surface area contributed by atoms with Gasteiger partial charge in [-0.3, -0.25) is 4.79 Å². The molecule has 0 aliphatic rings. The molecule has 0 aliphatic carbocycles. The predicted octanol–water partition coefficient (Wildman–Crippen LogP) is 1.17. The molecule has 124 valence electrons. The lowest BCUT2D eigenvalue weighted by molar-refractivity contribution is -0.122. The minimum Gasteiger partial charge on any atom is -0.393 e. The predicted molar refractivity (Wildman–Crippen MR) is 86.5 cm³/mol. The van der Waals surface area contributed by atoms with Gasteiger partial charge in [-0.2, -0.15) is 4.80 Å². The third-order valence-electron chi connectivity index (χ3n) is 3.58. The van der Waals surface area contributed by atoms with E-state index in [4.69, 9.17) is 0 Å². The van der Waals surface area contributed by atoms with Gasteiger partial charge < -0.3 is 10.4 Å². The highest BCUT2D eigenvalue weighted by molar-refractivity contribution is 5.75. The number of amides is 1. The van der Waals surface area contributed by atoms with Crippen LogP contribution in [0.25, 0.3) is 11.4 Å². The van der Waals surface area contributed by atoms with Gasteiger partial charge in [-0.25, -0.2) is 0 Å². The summed E-state index contributed by atoms with van der Waals surface area (Å²) in [5.74, 6) is 0.475. The monoisotopic (exact) mass is 317 g/mol. The van der Waals surface area contributed by atoms with E-state index in [9.17, 15) is 9.90 Å². The van der Waals surface area contributed by atoms with Crippen LogP contribution in [-0.2, 0) is 11.3 Å². The molecular weight excluding hydrogens is 294 g/mol. The summed E-state index contributed by atoms with van der Waals surface area (Å²) in [5, 5.41) is 24.5. The van der Waals surface area contributed by atoms with E-state index < -0.39 is 6.10 Å². The number of nitrogens with zero attached hydrogens (tertiary/aromatic N) is 4. The van der Waals surface area contributed by atoms with Crippen molar-refractivity contribution in [1.82, 2.24) is 25.5 Å². The van der Waals surface area contributed by atoms with Crippen LogP contribution >= 0.6 is 0 Å². The van der Waals surface area contributed by atoms with E-state index in [-0.39, 0.29) is 18.4 Å². The van der Waals surface area contributed by atoms with Gasteiger partial charge in [0, 0.05) is 12.1 Å². The van der Waals surface area contributed by atoms with Crippen LogP contribution < -0.4 is 5.32 Å². The normalized spacial score (nSPS) is 12.4. The molecule has 1 amide bonds. The van der Waals surface area contributed by atoms with Gasteiger partial charge in [-0.1, -0.05) is 43.7 Å². The Hall–Kier alpha value is -2.28. The summed E-state index contributed by atoms with van der Waals surface area (Å²) in [6, 6.07) is 7.79. The minimum absolute atomic E-state index is 0.0106. The molecule has 0 fully saturated rings. The number of hydrogen-bond donors (Lipinski definition) is 2. The van der Waals surface area contributed by atoms with Crippen LogP contribution in [0.5, 0.6) is 0 Å². The van der Waals surface area contributed by atoms with Crippen LogP contribution in [0.15, 0.2) is 24.3 Å². The average Bonchev–Trinajstić information content (AvgIpc) is 2.96. The van der Waals surface area contributed by atoms with E-state index in [1.165, 1.54) is 4.80 Å². The molecule has 0 saturated heterocycles. The molecule has 0 spiro atoms. The number of aliphatic hydroxyl groups excluding tert-OH is 1. The van der Waals surface area contributed by atoms with Gasteiger partial charge in [0.2, 0.25) is 11.7 Å². The van der Waals surface area contributed by atoms with Crippen molar-refractivity contribution in [1.29, 1.82) is 0 Å². The molecule has 1 unspecified atom stereocenters. The van der Waals surface area contributed by atoms with Gasteiger partial charge in [-0.15, -0.1) is 10.2 Å². The second-order valence-corrected chi connectivity index (χ2v) is 5.96. The zero-order chi connectivity index (χ0) is 16.8. The smallest absolute Gasteiger partial charge is 0.243 e. The van der Waals surface area contributed by atoms with E-state index in [2.05, 4.69) is 20.7 Å². The Morgan fingerprint density at radius 2 is 2.00 bits per heavy atom. The Labute approximate surface area is 135 Å². The topological polar surface area (TPSA) is 92.9 Å². The second kappa shape index (κ2) is 7.82. The Kier molecular flexibility index (Phi) is 5.81. The lowest BCUT2D eigenvalue weighted by Gasteiger charge is -2.14. The van der Waals surface area contributed by atoms with Crippen LogP contribution in [0.3, 0.4) is 0 Å². The Bertz CT molecular complexity index is 636. The molecule has 23 heavy (non-hydrogen) atoms. The van der Waals surface area contributed by atoms with Crippen molar-refractivity contribution in [3.8, 4) is 11.4 Å². The molecule has 1 atom stereocenters. The van der Waals surface area contributed by atoms with Crippen molar-refractivity contribution in [2.24, 2.45) is 5.92 Å². The van der Waals surface area contributed by atoms with Crippen molar-refractivity contribution < 1.29 is 9.90 Å². The summed E-state index contributed by atoms with van der Waals surface area (Å²) in [5.41, 5.74) is 2.02. The maximum Gasteiger partial charge on any atom is 0.243 e. The first-order valence-corrected chi connectivity index (χ1v) is 7.75. The standard InChI is InChI=1S/C16H23N5O2/c1-11(2)14(22)8-9-17-15(23)10-21-19-16(18-20-21)13-6-4-12(3)5-7-13/h4-7,11,14,22H,8-10H2,1-3H3,(H,17,23). The number of aryl methyl sites for hydroxylation is 1. The molecular formula is C16H23N5O2. The summed E-state index contributed by atoms with van der Waals surface area (Å²) in [6.45, 7) is 6.33. The largest absolute Gasteiger partial charge is 0.393 e. The highest BCUT2D eigenvalue weighted by atomic mass is 16.3. The van der Waals surface area contributed by atoms with Crippen molar-refractivity contribution in [2.45, 2.75) is 39.8 Å². The summed E-state index contributed by atoms with van der Waals surface area (Å²) in [4.78, 5) is 13.1. The second-order valence-electron chi connectivity index (χ2n) is 5.96. The number of aromatic nitrogens is 4. The zero-order valence-electron chi connectivity index (χ0n) is 13.7. The molecule has 1 heterocycles. The fraction of sp³-hybridized carbons (Fsp3) is 0.500. The summed E-state index contributed by atoms with van der Waals surface area (Å²) >= 11 is 0. The lowest BCUT2D eigenvalue weighted by atomic mass is 10.0. The van der Waals surface area contributed by atoms with Crippen LogP contribution in [0.4, 0.5) is 0 Å². The van der Waals surface area contributed by atoms with Gasteiger partial charge in [0.05, 0.1) is 6.10 Å². The summed E-state index contributed by atoms with van der Waals surface area (Å²) in [6.07, 6.45) is 0.121. The van der Waals surface area contributed by atoms with Gasteiger partial charge in [0.1, 0.15) is 6.54 Å². The molecule has 7 heteroatoms. The van der Waals surface area contributed by atoms with Gasteiger partial charge in [-0.05, 0) is 24.5 Å². The van der Waals surface area contributed by atoms with Crippen LogP contribution in [-0.4, -0.2) is 43.9 Å². The number of nitrogens with one attached hydrogen (secondary N) is 1. The number of tetrazole rings is 1. The van der Waals surface area contributed by atoms with Crippen molar-refractivity contribution in [3.63, 3.8) is 0 Å². The third kappa shape index (κ3) is 5.14. The van der Waals surface area contributed by atoms with Crippen molar-refractivity contribution >= 4 is 5.91 Å². The van der Waals surface area contributed by atoms with Crippen molar-refractivity contribution in [2.75, 3.05) is 6.54 Å². The molecule has 0 radical (unpaired) electrons. The number of hydrogen-bond acceptors (Lipinski definition) is 5. The average molecular weight is 317 g/mol. The maximum atomic E-state index is 11.8. The highest BCUT2D eigenvalue weighted by Crippen LogP contribution is 2.13. The summed E-state index contributed by atoms with van der Waals surface area (Å²) < 4.78 is 0. The van der Waals surface area contributed by atoms with E-state index in [1.54, 1.807) is 0 Å². The quantitative estimate of drug-likeness (QED) is 0.799. The number of aliphatic hydroxyl groups is 1. The third-order valence-corrected chi connectivity index (χ3v) is 3.58. The molecule has 0 bridgehead atoms. The minimum atomic E-state index is -0.409. The molecule has 7 nitrogen and oxygen atoms in total. The molecule has 0 aliphatic heterocycles. The van der Waals surface area contributed by atoms with Crippen LogP contribution in [0.2, 0.25) is 0 Å². The van der Waals surface area contributed by atoms with Gasteiger partial charge in [0.15, 0.2) is 0 Å². The number of carbonyl (C=O) groups excluding carboxylic acids is 1. The molecule has 2 N–H and O–H groups in total. The fourth-order valence-corrected chi connectivity index (χ4v) is 2.01. The molecule has 2 rings (SSSR count). The van der Waals surface area contributed by atoms with E-state index in [0.717, 1.165) is 11.1 Å². The highest BCUT2D eigenvalue weighted by Gasteiger charge is 2.11. The molecule has 1 aromatic heterocycles. The van der Waals surface area contributed by atoms with E-state index in [1.807, 2.05) is 45.0 Å². The van der Waals surface area contributed by atoms with Gasteiger partial charge in [0.25, 0.3) is 0 Å². The molecule has 1 aromatic carbocycles.